The summed E-state index contributed by atoms with van der Waals surface area (Å²) in [5.41, 5.74) is 2.73. The largest absolute Gasteiger partial charge is 0.497 e. The molecule has 0 bridgehead atoms. The van der Waals surface area contributed by atoms with Crippen LogP contribution in [0.2, 0.25) is 5.02 Å². The minimum Gasteiger partial charge on any atom is -0.497 e. The van der Waals surface area contributed by atoms with Crippen LogP contribution in [0.15, 0.2) is 42.5 Å². The smallest absolute Gasteiger partial charge is 0.227 e. The third-order valence-electron chi connectivity index (χ3n) is 3.87. The number of nitrogens with one attached hydrogen (secondary N) is 1. The molecule has 1 heterocycles. The van der Waals surface area contributed by atoms with E-state index < -0.39 is 0 Å². The maximum Gasteiger partial charge on any atom is 0.227 e. The number of rotatable bonds is 5. The number of hydrogen-bond acceptors (Lipinski definition) is 3. The lowest BCUT2D eigenvalue weighted by atomic mass is 10.1. The predicted molar refractivity (Wildman–Crippen MR) is 95.7 cm³/mol. The van der Waals surface area contributed by atoms with Crippen molar-refractivity contribution in [2.45, 2.75) is 12.8 Å². The van der Waals surface area contributed by atoms with Crippen LogP contribution >= 0.6 is 11.6 Å². The van der Waals surface area contributed by atoms with Gasteiger partial charge < -0.3 is 9.30 Å². The molecule has 5 nitrogen and oxygen atoms in total. The molecule has 0 atom stereocenters. The summed E-state index contributed by atoms with van der Waals surface area (Å²) in [6.45, 7) is 0. The molecule has 0 saturated carbocycles. The van der Waals surface area contributed by atoms with Crippen LogP contribution in [-0.2, 0) is 18.3 Å². The number of ether oxygens (including phenoxy) is 1. The number of carbonyl (C=O) groups excluding carboxylic acids is 1. The molecule has 0 aliphatic rings. The summed E-state index contributed by atoms with van der Waals surface area (Å²) in [4.78, 5) is 16.6. The highest BCUT2D eigenvalue weighted by Gasteiger charge is 2.11. The first-order valence-corrected chi connectivity index (χ1v) is 7.99. The Labute approximate surface area is 145 Å². The normalized spacial score (nSPS) is 10.8. The number of anilines is 1. The fraction of sp³-hybridized carbons (Fsp3) is 0.222. The van der Waals surface area contributed by atoms with Gasteiger partial charge in [-0.05, 0) is 42.3 Å². The molecular formula is C18H18ClN3O2. The molecule has 0 radical (unpaired) electrons. The van der Waals surface area contributed by atoms with Gasteiger partial charge in [-0.25, -0.2) is 4.98 Å². The molecule has 2 aromatic carbocycles. The van der Waals surface area contributed by atoms with E-state index in [9.17, 15) is 4.79 Å². The van der Waals surface area contributed by atoms with Gasteiger partial charge in [0, 0.05) is 18.5 Å². The molecule has 1 aromatic heterocycles. The average molecular weight is 344 g/mol. The standard InChI is InChI=1S/C18H18ClN3O2/c1-22-16-8-7-13(19)11-15(16)20-18(22)21-17(23)9-6-12-4-3-5-14(10-12)24-2/h3-5,7-8,10-11H,6,9H2,1-2H3,(H,20,21,23). The Morgan fingerprint density at radius 1 is 1.29 bits per heavy atom. The number of aromatic nitrogens is 2. The zero-order valence-corrected chi connectivity index (χ0v) is 14.3. The number of carbonyl (C=O) groups is 1. The third kappa shape index (κ3) is 3.51. The van der Waals surface area contributed by atoms with Crippen molar-refractivity contribution in [2.24, 2.45) is 7.05 Å². The number of amides is 1. The van der Waals surface area contributed by atoms with Gasteiger partial charge in [0.2, 0.25) is 11.9 Å². The molecular weight excluding hydrogens is 326 g/mol. The lowest BCUT2D eigenvalue weighted by molar-refractivity contribution is -0.116. The number of benzene rings is 2. The molecule has 0 fully saturated rings. The van der Waals surface area contributed by atoms with Gasteiger partial charge in [-0.15, -0.1) is 0 Å². The van der Waals surface area contributed by atoms with Crippen LogP contribution in [0.1, 0.15) is 12.0 Å². The van der Waals surface area contributed by atoms with Crippen molar-refractivity contribution in [3.05, 3.63) is 53.1 Å². The van der Waals surface area contributed by atoms with Gasteiger partial charge in [-0.1, -0.05) is 23.7 Å². The van der Waals surface area contributed by atoms with E-state index in [0.29, 0.717) is 23.8 Å². The van der Waals surface area contributed by atoms with Gasteiger partial charge in [0.1, 0.15) is 5.75 Å². The lowest BCUT2D eigenvalue weighted by Gasteiger charge is -2.06. The Morgan fingerprint density at radius 3 is 2.92 bits per heavy atom. The Kier molecular flexibility index (Phi) is 4.71. The van der Waals surface area contributed by atoms with Crippen molar-refractivity contribution in [1.82, 2.24) is 9.55 Å². The average Bonchev–Trinajstić information content (AvgIpc) is 2.88. The zero-order valence-electron chi connectivity index (χ0n) is 13.5. The SMILES string of the molecule is COc1cccc(CCC(=O)Nc2nc3cc(Cl)ccc3n2C)c1. The second-order valence-electron chi connectivity index (χ2n) is 5.53. The van der Waals surface area contributed by atoms with Crippen molar-refractivity contribution in [1.29, 1.82) is 0 Å². The summed E-state index contributed by atoms with van der Waals surface area (Å²) in [6.07, 6.45) is 1.01. The van der Waals surface area contributed by atoms with E-state index in [1.807, 2.05) is 41.9 Å². The topological polar surface area (TPSA) is 56.1 Å². The highest BCUT2D eigenvalue weighted by molar-refractivity contribution is 6.31. The van der Waals surface area contributed by atoms with Crippen molar-refractivity contribution < 1.29 is 9.53 Å². The van der Waals surface area contributed by atoms with Crippen LogP contribution in [0.5, 0.6) is 5.75 Å². The first kappa shape index (κ1) is 16.3. The molecule has 24 heavy (non-hydrogen) atoms. The Balaban J connectivity index is 1.67. The minimum absolute atomic E-state index is 0.0812. The Bertz CT molecular complexity index is 889. The molecule has 3 rings (SSSR count). The van der Waals surface area contributed by atoms with Crippen molar-refractivity contribution >= 4 is 34.5 Å². The summed E-state index contributed by atoms with van der Waals surface area (Å²) in [5, 5.41) is 3.48. The Morgan fingerprint density at radius 2 is 2.12 bits per heavy atom. The monoisotopic (exact) mass is 343 g/mol. The lowest BCUT2D eigenvalue weighted by Crippen LogP contribution is -2.15. The number of hydrogen-bond donors (Lipinski definition) is 1. The van der Waals surface area contributed by atoms with Gasteiger partial charge in [0.05, 0.1) is 18.1 Å². The highest BCUT2D eigenvalue weighted by Crippen LogP contribution is 2.22. The maximum atomic E-state index is 12.2. The molecule has 0 saturated heterocycles. The molecule has 1 N–H and O–H groups in total. The zero-order chi connectivity index (χ0) is 17.1. The fourth-order valence-electron chi connectivity index (χ4n) is 2.56. The predicted octanol–water partition coefficient (Wildman–Crippen LogP) is 3.81. The first-order valence-electron chi connectivity index (χ1n) is 7.61. The summed E-state index contributed by atoms with van der Waals surface area (Å²) >= 11 is 5.98. The highest BCUT2D eigenvalue weighted by atomic mass is 35.5. The van der Waals surface area contributed by atoms with Crippen LogP contribution in [0.4, 0.5) is 5.95 Å². The molecule has 0 aliphatic carbocycles. The number of imidazole rings is 1. The third-order valence-corrected chi connectivity index (χ3v) is 4.10. The van der Waals surface area contributed by atoms with E-state index in [-0.39, 0.29) is 5.91 Å². The molecule has 0 aliphatic heterocycles. The van der Waals surface area contributed by atoms with Gasteiger partial charge >= 0.3 is 0 Å². The van der Waals surface area contributed by atoms with E-state index >= 15 is 0 Å². The van der Waals surface area contributed by atoms with Crippen molar-refractivity contribution in [2.75, 3.05) is 12.4 Å². The minimum atomic E-state index is -0.0812. The second-order valence-corrected chi connectivity index (χ2v) is 5.96. The summed E-state index contributed by atoms with van der Waals surface area (Å²) in [5.74, 6) is 1.23. The van der Waals surface area contributed by atoms with Gasteiger partial charge in [0.25, 0.3) is 0 Å². The van der Waals surface area contributed by atoms with Crippen molar-refractivity contribution in [3.8, 4) is 5.75 Å². The Hall–Kier alpha value is -2.53. The van der Waals surface area contributed by atoms with Gasteiger partial charge in [-0.2, -0.15) is 0 Å². The summed E-state index contributed by atoms with van der Waals surface area (Å²) < 4.78 is 7.03. The molecule has 0 unspecified atom stereocenters. The van der Waals surface area contributed by atoms with E-state index in [2.05, 4.69) is 10.3 Å². The van der Waals surface area contributed by atoms with Crippen LogP contribution in [0.3, 0.4) is 0 Å². The quantitative estimate of drug-likeness (QED) is 0.766. The number of fused-ring (bicyclic) bond motifs is 1. The van der Waals surface area contributed by atoms with E-state index in [1.165, 1.54) is 0 Å². The van der Waals surface area contributed by atoms with E-state index in [0.717, 1.165) is 22.3 Å². The second kappa shape index (κ2) is 6.93. The van der Waals surface area contributed by atoms with Gasteiger partial charge in [0.15, 0.2) is 0 Å². The molecule has 6 heteroatoms. The molecule has 0 spiro atoms. The molecule has 124 valence electrons. The number of nitrogens with zero attached hydrogens (tertiary/aromatic N) is 2. The van der Waals surface area contributed by atoms with Crippen LogP contribution in [-0.4, -0.2) is 22.6 Å². The number of halogens is 1. The van der Waals surface area contributed by atoms with Gasteiger partial charge in [-0.3, -0.25) is 10.1 Å². The van der Waals surface area contributed by atoms with E-state index in [4.69, 9.17) is 16.3 Å². The summed E-state index contributed by atoms with van der Waals surface area (Å²) in [7, 11) is 3.49. The summed E-state index contributed by atoms with van der Waals surface area (Å²) in [6, 6.07) is 13.2. The molecule has 1 amide bonds. The fourth-order valence-corrected chi connectivity index (χ4v) is 2.72. The van der Waals surface area contributed by atoms with Crippen LogP contribution in [0, 0.1) is 0 Å². The van der Waals surface area contributed by atoms with Crippen molar-refractivity contribution in [3.63, 3.8) is 0 Å². The molecule has 3 aromatic rings. The van der Waals surface area contributed by atoms with Crippen LogP contribution in [0.25, 0.3) is 11.0 Å². The first-order chi connectivity index (χ1) is 11.6. The van der Waals surface area contributed by atoms with E-state index in [1.54, 1.807) is 19.2 Å². The van der Waals surface area contributed by atoms with Crippen LogP contribution < -0.4 is 10.1 Å². The number of aryl methyl sites for hydroxylation is 2. The number of methoxy groups -OCH3 is 1. The maximum absolute atomic E-state index is 12.2.